The van der Waals surface area contributed by atoms with Gasteiger partial charge in [-0.1, -0.05) is 178 Å². The van der Waals surface area contributed by atoms with Gasteiger partial charge in [0, 0.05) is 13.0 Å². The van der Waals surface area contributed by atoms with Gasteiger partial charge < -0.3 is 25.2 Å². The fourth-order valence-corrected chi connectivity index (χ4v) is 6.73. The zero-order valence-electron chi connectivity index (χ0n) is 35.5. The number of allylic oxidation sites excluding steroid dienone is 8. The van der Waals surface area contributed by atoms with E-state index in [4.69, 9.17) is 29.4 Å². The van der Waals surface area contributed by atoms with E-state index in [2.05, 4.69) is 62.5 Å². The molecule has 0 spiro atoms. The second kappa shape index (κ2) is 41.1. The normalized spacial score (nSPS) is 14.4. The maximum atomic E-state index is 12.6. The van der Waals surface area contributed by atoms with Gasteiger partial charge in [-0.25, -0.2) is 4.57 Å². The first kappa shape index (κ1) is 53.9. The lowest BCUT2D eigenvalue weighted by Crippen LogP contribution is -2.34. The molecule has 0 rings (SSSR count). The van der Waals surface area contributed by atoms with Crippen molar-refractivity contribution in [2.24, 2.45) is 5.73 Å². The van der Waals surface area contributed by atoms with E-state index in [-0.39, 0.29) is 13.0 Å². The maximum absolute atomic E-state index is 12.6. The van der Waals surface area contributed by atoms with Crippen LogP contribution < -0.4 is 5.73 Å². The summed E-state index contributed by atoms with van der Waals surface area (Å²) >= 11 is 0. The number of carbonyl (C=O) groups excluding carboxylic acids is 1. The summed E-state index contributed by atoms with van der Waals surface area (Å²) in [5.74, 6) is -1.78. The highest BCUT2D eigenvalue weighted by molar-refractivity contribution is 7.47. The molecule has 10 nitrogen and oxygen atoms in total. The Balaban J connectivity index is 4.09. The van der Waals surface area contributed by atoms with Crippen LogP contribution in [0.1, 0.15) is 187 Å². The monoisotopic (exact) mass is 812 g/mol. The second-order valence-electron chi connectivity index (χ2n) is 14.8. The Morgan fingerprint density at radius 3 is 1.55 bits per heavy atom. The Kier molecular flexibility index (Phi) is 39.6. The van der Waals surface area contributed by atoms with Gasteiger partial charge in [-0.15, -0.1) is 0 Å². The predicted octanol–water partition coefficient (Wildman–Crippen LogP) is 12.3. The van der Waals surface area contributed by atoms with Crippen LogP contribution in [0.5, 0.6) is 0 Å². The molecule has 0 aliphatic rings. The molecule has 0 aliphatic heterocycles. The molecular formula is C45H82NO9P. The number of hydrogen-bond acceptors (Lipinski definition) is 8. The zero-order chi connectivity index (χ0) is 41.2. The van der Waals surface area contributed by atoms with Gasteiger partial charge in [0.1, 0.15) is 12.1 Å². The Labute approximate surface area is 341 Å². The molecule has 11 heteroatoms. The molecule has 0 fully saturated rings. The molecule has 0 aromatic heterocycles. The van der Waals surface area contributed by atoms with Crippen LogP contribution in [-0.2, 0) is 32.7 Å². The highest BCUT2D eigenvalue weighted by Gasteiger charge is 2.27. The first-order chi connectivity index (χ1) is 27.2. The van der Waals surface area contributed by atoms with Crippen molar-refractivity contribution < 1.29 is 42.7 Å². The summed E-state index contributed by atoms with van der Waals surface area (Å²) in [4.78, 5) is 33.4. The number of esters is 1. The first-order valence-corrected chi connectivity index (χ1v) is 23.7. The molecule has 326 valence electrons. The van der Waals surface area contributed by atoms with E-state index in [1.54, 1.807) is 0 Å². The zero-order valence-corrected chi connectivity index (χ0v) is 36.4. The minimum Gasteiger partial charge on any atom is -0.480 e. The topological polar surface area (TPSA) is 155 Å². The molecule has 3 atom stereocenters. The lowest BCUT2D eigenvalue weighted by Gasteiger charge is -2.20. The van der Waals surface area contributed by atoms with Crippen LogP contribution in [0.3, 0.4) is 0 Å². The number of nitrogens with two attached hydrogens (primary N) is 1. The first-order valence-electron chi connectivity index (χ1n) is 22.2. The summed E-state index contributed by atoms with van der Waals surface area (Å²) in [6.07, 6.45) is 47.4. The van der Waals surface area contributed by atoms with Crippen LogP contribution in [0.4, 0.5) is 0 Å². The molecule has 0 bridgehead atoms. The van der Waals surface area contributed by atoms with Gasteiger partial charge in [0.25, 0.3) is 0 Å². The van der Waals surface area contributed by atoms with Crippen LogP contribution in [0.15, 0.2) is 48.6 Å². The third kappa shape index (κ3) is 40.1. The molecule has 0 saturated heterocycles. The molecule has 0 amide bonds. The van der Waals surface area contributed by atoms with Crippen molar-refractivity contribution in [1.82, 2.24) is 0 Å². The molecule has 0 aliphatic carbocycles. The van der Waals surface area contributed by atoms with Gasteiger partial charge in [-0.05, 0) is 51.4 Å². The van der Waals surface area contributed by atoms with Crippen LogP contribution in [-0.4, -0.2) is 60.5 Å². The van der Waals surface area contributed by atoms with Crippen molar-refractivity contribution in [2.75, 3.05) is 26.4 Å². The van der Waals surface area contributed by atoms with Gasteiger partial charge in [-0.2, -0.15) is 0 Å². The number of aliphatic carboxylic acids is 1. The average Bonchev–Trinajstić information content (AvgIpc) is 3.18. The fraction of sp³-hybridized carbons (Fsp3) is 0.778. The van der Waals surface area contributed by atoms with Crippen molar-refractivity contribution in [3.05, 3.63) is 48.6 Å². The van der Waals surface area contributed by atoms with Crippen LogP contribution in [0.2, 0.25) is 0 Å². The number of carboxylic acid groups (broad SMARTS) is 1. The van der Waals surface area contributed by atoms with Crippen molar-refractivity contribution in [1.29, 1.82) is 0 Å². The predicted molar refractivity (Wildman–Crippen MR) is 231 cm³/mol. The Hall–Kier alpha value is -2.07. The molecule has 0 aromatic rings. The van der Waals surface area contributed by atoms with E-state index in [1.807, 2.05) is 0 Å². The lowest BCUT2D eigenvalue weighted by atomic mass is 10.1. The number of unbranched alkanes of at least 4 members (excludes halogenated alkanes) is 20. The Morgan fingerprint density at radius 2 is 1.04 bits per heavy atom. The van der Waals surface area contributed by atoms with Gasteiger partial charge in [0.15, 0.2) is 0 Å². The van der Waals surface area contributed by atoms with E-state index in [0.29, 0.717) is 13.0 Å². The third-order valence-electron chi connectivity index (χ3n) is 9.37. The van der Waals surface area contributed by atoms with Crippen LogP contribution in [0.25, 0.3) is 0 Å². The number of carbonyl (C=O) groups is 2. The third-order valence-corrected chi connectivity index (χ3v) is 10.3. The molecule has 3 unspecified atom stereocenters. The molecule has 0 aromatic carbocycles. The van der Waals surface area contributed by atoms with Gasteiger partial charge >= 0.3 is 19.8 Å². The molecular weight excluding hydrogens is 729 g/mol. The molecule has 0 heterocycles. The van der Waals surface area contributed by atoms with Crippen molar-refractivity contribution >= 4 is 19.8 Å². The van der Waals surface area contributed by atoms with Crippen molar-refractivity contribution in [3.63, 3.8) is 0 Å². The standard InChI is InChI=1S/C45H82NO9P/c1-3-5-7-9-11-13-15-16-17-18-19-20-21-22-23-24-25-26-27-28-30-32-34-36-38-52-39-42(40-53-56(50,51)54-41-43(46)45(48)49)55-44(47)37-35-33-31-29-14-12-10-8-6-4-2/h5,7,11,13,16-17,19-20,42-43H,3-4,6,8-10,12,14-15,18,21-41,46H2,1-2H3,(H,48,49)(H,50,51)/b7-5-,13-11-,17-16-,20-19-. The maximum Gasteiger partial charge on any atom is 0.472 e. The highest BCUT2D eigenvalue weighted by atomic mass is 31.2. The number of hydrogen-bond donors (Lipinski definition) is 3. The van der Waals surface area contributed by atoms with Crippen molar-refractivity contribution in [2.45, 2.75) is 199 Å². The highest BCUT2D eigenvalue weighted by Crippen LogP contribution is 2.43. The van der Waals surface area contributed by atoms with Gasteiger partial charge in [0.2, 0.25) is 0 Å². The Morgan fingerprint density at radius 1 is 0.589 bits per heavy atom. The smallest absolute Gasteiger partial charge is 0.472 e. The minimum atomic E-state index is -4.61. The summed E-state index contributed by atoms with van der Waals surface area (Å²) in [5, 5.41) is 8.88. The SMILES string of the molecule is CC/C=C\C/C=C\C/C=C\C/C=C\CCCCCCCCCCCCCOCC(COP(=O)(O)OCC(N)C(=O)O)OC(=O)CCCCCCCCCCCC. The molecule has 56 heavy (non-hydrogen) atoms. The minimum absolute atomic E-state index is 0.0157. The van der Waals surface area contributed by atoms with E-state index < -0.39 is 45.1 Å². The van der Waals surface area contributed by atoms with Crippen molar-refractivity contribution in [3.8, 4) is 0 Å². The van der Waals surface area contributed by atoms with Crippen LogP contribution >= 0.6 is 7.82 Å². The number of rotatable bonds is 42. The van der Waals surface area contributed by atoms with Gasteiger partial charge in [-0.3, -0.25) is 18.6 Å². The number of phosphoric ester groups is 1. The van der Waals surface area contributed by atoms with E-state index >= 15 is 0 Å². The summed E-state index contributed by atoms with van der Waals surface area (Å²) < 4.78 is 33.3. The fourth-order valence-electron chi connectivity index (χ4n) is 5.95. The number of ether oxygens (including phenoxy) is 2. The van der Waals surface area contributed by atoms with E-state index in [1.165, 1.54) is 96.3 Å². The summed E-state index contributed by atoms with van der Waals surface area (Å²) in [6.45, 7) is 3.75. The average molecular weight is 812 g/mol. The summed E-state index contributed by atoms with van der Waals surface area (Å²) in [6, 6.07) is -1.47. The molecule has 0 radical (unpaired) electrons. The summed E-state index contributed by atoms with van der Waals surface area (Å²) in [7, 11) is -4.61. The number of carboxylic acids is 1. The largest absolute Gasteiger partial charge is 0.480 e. The van der Waals surface area contributed by atoms with E-state index in [9.17, 15) is 19.0 Å². The summed E-state index contributed by atoms with van der Waals surface area (Å²) in [5.41, 5.74) is 5.35. The lowest BCUT2D eigenvalue weighted by molar-refractivity contribution is -0.154. The molecule has 0 saturated carbocycles. The van der Waals surface area contributed by atoms with Crippen LogP contribution in [0, 0.1) is 0 Å². The van der Waals surface area contributed by atoms with Gasteiger partial charge in [0.05, 0.1) is 19.8 Å². The Bertz CT molecular complexity index is 1080. The van der Waals surface area contributed by atoms with E-state index in [0.717, 1.165) is 64.2 Å². The quantitative estimate of drug-likeness (QED) is 0.0235. The number of phosphoric acid groups is 1. The second-order valence-corrected chi connectivity index (χ2v) is 16.3. The molecule has 4 N–H and O–H groups in total.